The Kier molecular flexibility index (Phi) is 9.77. The predicted octanol–water partition coefficient (Wildman–Crippen LogP) is 4.44. The minimum absolute atomic E-state index is 0.0994. The summed E-state index contributed by atoms with van der Waals surface area (Å²) in [6.45, 7) is 3.71. The number of hydrogen-bond donors (Lipinski definition) is 1. The second-order valence-electron chi connectivity index (χ2n) is 9.11. The van der Waals surface area contributed by atoms with Crippen LogP contribution in [0.3, 0.4) is 0 Å². The standard InChI is InChI=1S/C29H29ClN5O4P/c1-3-39-40(2,38)25-13-9-22(10-14-25)18-28(36)26(17-21-7-5-4-6-8-21)32-29(37)16-11-23-19-24(30)12-15-27(23)35-20-31-33-34-35/h4-16,19-20,26H,3,17-18H2,1-2H3,(H,32,37)/b16-11+/t26-,40?/m0/s1. The summed E-state index contributed by atoms with van der Waals surface area (Å²) >= 11 is 6.17. The van der Waals surface area contributed by atoms with E-state index in [4.69, 9.17) is 16.1 Å². The lowest BCUT2D eigenvalue weighted by Crippen LogP contribution is -2.42. The summed E-state index contributed by atoms with van der Waals surface area (Å²) in [7, 11) is -2.91. The summed E-state index contributed by atoms with van der Waals surface area (Å²) in [4.78, 5) is 26.4. The normalized spacial score (nSPS) is 13.6. The molecule has 2 atom stereocenters. The molecule has 0 saturated heterocycles. The molecule has 40 heavy (non-hydrogen) atoms. The lowest BCUT2D eigenvalue weighted by atomic mass is 9.97. The van der Waals surface area contributed by atoms with Gasteiger partial charge in [-0.05, 0) is 71.3 Å². The fourth-order valence-corrected chi connectivity index (χ4v) is 5.66. The summed E-state index contributed by atoms with van der Waals surface area (Å²) in [5.74, 6) is -0.587. The van der Waals surface area contributed by atoms with Crippen molar-refractivity contribution in [3.63, 3.8) is 0 Å². The van der Waals surface area contributed by atoms with E-state index in [9.17, 15) is 14.2 Å². The molecule has 1 amide bonds. The molecule has 4 aromatic rings. The Bertz CT molecular complexity index is 1530. The van der Waals surface area contributed by atoms with E-state index >= 15 is 0 Å². The average molecular weight is 578 g/mol. The van der Waals surface area contributed by atoms with E-state index in [1.807, 2.05) is 30.3 Å². The molecule has 1 aromatic heterocycles. The molecule has 3 aromatic carbocycles. The molecule has 0 saturated carbocycles. The van der Waals surface area contributed by atoms with Crippen molar-refractivity contribution in [2.75, 3.05) is 13.3 Å². The number of ketones is 1. The number of hydrogen-bond acceptors (Lipinski definition) is 7. The van der Waals surface area contributed by atoms with E-state index in [-0.39, 0.29) is 12.2 Å². The van der Waals surface area contributed by atoms with Crippen LogP contribution in [-0.4, -0.2) is 51.2 Å². The Morgan fingerprint density at radius 3 is 2.50 bits per heavy atom. The molecule has 1 unspecified atom stereocenters. The summed E-state index contributed by atoms with van der Waals surface area (Å²) in [5.41, 5.74) is 2.93. The second kappa shape index (κ2) is 13.4. The van der Waals surface area contributed by atoms with Crippen molar-refractivity contribution in [3.05, 3.63) is 107 Å². The quantitative estimate of drug-likeness (QED) is 0.195. The zero-order chi connectivity index (χ0) is 28.5. The van der Waals surface area contributed by atoms with Crippen LogP contribution in [0.2, 0.25) is 5.02 Å². The Morgan fingerprint density at radius 1 is 1.07 bits per heavy atom. The summed E-state index contributed by atoms with van der Waals surface area (Å²) in [5, 5.41) is 15.1. The topological polar surface area (TPSA) is 116 Å². The van der Waals surface area contributed by atoms with Crippen molar-refractivity contribution in [1.82, 2.24) is 25.5 Å². The first kappa shape index (κ1) is 29.1. The van der Waals surface area contributed by atoms with Crippen molar-refractivity contribution in [2.45, 2.75) is 25.8 Å². The monoisotopic (exact) mass is 577 g/mol. The number of rotatable bonds is 12. The van der Waals surface area contributed by atoms with Gasteiger partial charge >= 0.3 is 0 Å². The van der Waals surface area contributed by atoms with Gasteiger partial charge in [-0.2, -0.15) is 4.68 Å². The predicted molar refractivity (Wildman–Crippen MR) is 155 cm³/mol. The maximum Gasteiger partial charge on any atom is 0.244 e. The Balaban J connectivity index is 1.51. The Hall–Kier alpha value is -3.91. The molecule has 0 fully saturated rings. The van der Waals surface area contributed by atoms with Crippen LogP contribution in [0.4, 0.5) is 0 Å². The molecular formula is C29H29ClN5O4P. The molecule has 0 aliphatic carbocycles. The van der Waals surface area contributed by atoms with Gasteiger partial charge < -0.3 is 9.84 Å². The van der Waals surface area contributed by atoms with Gasteiger partial charge in [-0.1, -0.05) is 54.1 Å². The number of carbonyl (C=O) groups is 2. The molecule has 1 N–H and O–H groups in total. The fraction of sp³-hybridized carbons (Fsp3) is 0.207. The van der Waals surface area contributed by atoms with Crippen molar-refractivity contribution < 1.29 is 18.7 Å². The third-order valence-corrected chi connectivity index (χ3v) is 8.37. The van der Waals surface area contributed by atoms with Crippen LogP contribution in [-0.2, 0) is 31.5 Å². The molecule has 206 valence electrons. The number of carbonyl (C=O) groups excluding carboxylic acids is 2. The lowest BCUT2D eigenvalue weighted by molar-refractivity contribution is -0.125. The Labute approximate surface area is 237 Å². The highest BCUT2D eigenvalue weighted by Crippen LogP contribution is 2.40. The second-order valence-corrected chi connectivity index (χ2v) is 12.0. The number of Topliss-reactive ketones (excluding diaryl/α,β-unsaturated/α-hetero) is 1. The summed E-state index contributed by atoms with van der Waals surface area (Å²) in [6.07, 6.45) is 4.83. The molecule has 4 rings (SSSR count). The maximum absolute atomic E-state index is 13.4. The number of halogens is 1. The molecule has 0 spiro atoms. The van der Waals surface area contributed by atoms with Crippen molar-refractivity contribution in [2.24, 2.45) is 0 Å². The van der Waals surface area contributed by atoms with Gasteiger partial charge in [0.05, 0.1) is 18.3 Å². The van der Waals surface area contributed by atoms with Crippen molar-refractivity contribution in [3.8, 4) is 5.69 Å². The minimum atomic E-state index is -2.91. The van der Waals surface area contributed by atoms with Gasteiger partial charge in [0.15, 0.2) is 5.78 Å². The van der Waals surface area contributed by atoms with E-state index in [0.29, 0.717) is 34.6 Å². The third kappa shape index (κ3) is 7.82. The highest BCUT2D eigenvalue weighted by atomic mass is 35.5. The number of nitrogens with zero attached hydrogens (tertiary/aromatic N) is 4. The van der Waals surface area contributed by atoms with Crippen molar-refractivity contribution >= 4 is 42.0 Å². The highest BCUT2D eigenvalue weighted by Gasteiger charge is 2.22. The SMILES string of the molecule is CCOP(C)(=O)c1ccc(CC(=O)[C@H](Cc2ccccc2)NC(=O)/C=C/c2cc(Cl)ccc2-n2cnnn2)cc1. The van der Waals surface area contributed by atoms with E-state index < -0.39 is 19.3 Å². The van der Waals surface area contributed by atoms with Gasteiger partial charge in [0.2, 0.25) is 13.3 Å². The number of benzene rings is 3. The first-order valence-corrected chi connectivity index (χ1v) is 15.1. The first-order chi connectivity index (χ1) is 19.2. The molecule has 9 nitrogen and oxygen atoms in total. The van der Waals surface area contributed by atoms with Crippen LogP contribution < -0.4 is 10.6 Å². The molecule has 0 radical (unpaired) electrons. The van der Waals surface area contributed by atoms with Crippen LogP contribution in [0.5, 0.6) is 0 Å². The summed E-state index contributed by atoms with van der Waals surface area (Å²) in [6, 6.07) is 20.8. The van der Waals surface area contributed by atoms with Crippen molar-refractivity contribution in [1.29, 1.82) is 0 Å². The van der Waals surface area contributed by atoms with E-state index in [0.717, 1.165) is 11.1 Å². The van der Waals surface area contributed by atoms with Gasteiger partial charge in [0.25, 0.3) is 0 Å². The smallest absolute Gasteiger partial charge is 0.244 e. The molecule has 0 aliphatic heterocycles. The Morgan fingerprint density at radius 2 is 1.82 bits per heavy atom. The number of nitrogens with one attached hydrogen (secondary N) is 1. The van der Waals surface area contributed by atoms with Gasteiger partial charge in [-0.3, -0.25) is 14.2 Å². The largest absolute Gasteiger partial charge is 0.342 e. The van der Waals surface area contributed by atoms with Gasteiger partial charge in [0, 0.05) is 35.1 Å². The van der Waals surface area contributed by atoms with Gasteiger partial charge in [-0.15, -0.1) is 5.10 Å². The van der Waals surface area contributed by atoms with E-state index in [1.54, 1.807) is 62.1 Å². The van der Waals surface area contributed by atoms with Gasteiger partial charge in [0.1, 0.15) is 6.33 Å². The number of aromatic nitrogens is 4. The molecule has 0 bridgehead atoms. The van der Waals surface area contributed by atoms with Crippen LogP contribution >= 0.6 is 19.0 Å². The zero-order valence-electron chi connectivity index (χ0n) is 22.1. The molecular weight excluding hydrogens is 549 g/mol. The fourth-order valence-electron chi connectivity index (χ4n) is 4.15. The van der Waals surface area contributed by atoms with Crippen LogP contribution in [0, 0.1) is 0 Å². The zero-order valence-corrected chi connectivity index (χ0v) is 23.8. The van der Waals surface area contributed by atoms with Gasteiger partial charge in [-0.25, -0.2) is 0 Å². The molecule has 1 heterocycles. The first-order valence-electron chi connectivity index (χ1n) is 12.6. The average Bonchev–Trinajstić information content (AvgIpc) is 3.47. The molecule has 11 heteroatoms. The third-order valence-electron chi connectivity index (χ3n) is 6.15. The minimum Gasteiger partial charge on any atom is -0.342 e. The number of amides is 1. The lowest BCUT2D eigenvalue weighted by Gasteiger charge is -2.18. The molecule has 0 aliphatic rings. The number of tetrazole rings is 1. The van der Waals surface area contributed by atoms with E-state index in [2.05, 4.69) is 20.8 Å². The van der Waals surface area contributed by atoms with E-state index in [1.165, 1.54) is 17.1 Å². The maximum atomic E-state index is 13.4. The van der Waals surface area contributed by atoms with Crippen LogP contribution in [0.25, 0.3) is 11.8 Å². The highest BCUT2D eigenvalue weighted by molar-refractivity contribution is 7.66. The van der Waals surface area contributed by atoms with Crippen LogP contribution in [0.1, 0.15) is 23.6 Å². The van der Waals surface area contributed by atoms with Crippen LogP contribution in [0.15, 0.2) is 85.2 Å². The summed E-state index contributed by atoms with van der Waals surface area (Å²) < 4.78 is 19.5.